The molecule has 8 heteroatoms. The number of nitrogens with one attached hydrogen (secondary N) is 2. The number of thiophene rings is 1. The molecule has 5 rings (SSSR count). The largest absolute Gasteiger partial charge is 0.454 e. The van der Waals surface area contributed by atoms with Gasteiger partial charge < -0.3 is 20.1 Å². The van der Waals surface area contributed by atoms with Crippen LogP contribution in [-0.4, -0.2) is 18.6 Å². The van der Waals surface area contributed by atoms with E-state index in [1.807, 2.05) is 0 Å². The lowest BCUT2D eigenvalue weighted by Gasteiger charge is -2.09. The fourth-order valence-electron chi connectivity index (χ4n) is 3.25. The molecule has 154 valence electrons. The number of carbonyl (C=O) groups excluding carboxylic acids is 2. The predicted molar refractivity (Wildman–Crippen MR) is 117 cm³/mol. The van der Waals surface area contributed by atoms with Gasteiger partial charge in [-0.25, -0.2) is 4.39 Å². The highest BCUT2D eigenvalue weighted by Gasteiger charge is 2.17. The maximum Gasteiger partial charge on any atom is 0.265 e. The molecule has 0 radical (unpaired) electrons. The van der Waals surface area contributed by atoms with Gasteiger partial charge in [-0.2, -0.15) is 0 Å². The lowest BCUT2D eigenvalue weighted by molar-refractivity contribution is 0.102. The number of carbonyl (C=O) groups is 2. The number of anilines is 2. The van der Waals surface area contributed by atoms with Crippen LogP contribution in [0.3, 0.4) is 0 Å². The number of ether oxygens (including phenoxy) is 2. The van der Waals surface area contributed by atoms with Crippen molar-refractivity contribution in [1.29, 1.82) is 0 Å². The van der Waals surface area contributed by atoms with Crippen LogP contribution < -0.4 is 20.1 Å². The van der Waals surface area contributed by atoms with Gasteiger partial charge in [-0.05, 0) is 54.6 Å². The molecule has 0 unspecified atom stereocenters. The van der Waals surface area contributed by atoms with E-state index < -0.39 is 0 Å². The fraction of sp³-hybridized carbons (Fsp3) is 0.0435. The van der Waals surface area contributed by atoms with Crippen LogP contribution in [-0.2, 0) is 0 Å². The SMILES string of the molecule is O=C(Nc1cccc(NC(=O)c2cc3c(F)cccc3s2)c1)c1ccc2c(c1)OCO2. The van der Waals surface area contributed by atoms with E-state index in [1.54, 1.807) is 54.6 Å². The van der Waals surface area contributed by atoms with Crippen molar-refractivity contribution in [1.82, 2.24) is 0 Å². The van der Waals surface area contributed by atoms with Crippen LogP contribution in [0.4, 0.5) is 15.8 Å². The standard InChI is InChI=1S/C23H15FN2O4S/c24-17-5-2-6-20-16(17)11-21(31-20)23(28)26-15-4-1-3-14(10-15)25-22(27)13-7-8-18-19(9-13)30-12-29-18/h1-11H,12H2,(H,25,27)(H,26,28). The first-order valence-electron chi connectivity index (χ1n) is 9.37. The fourth-order valence-corrected chi connectivity index (χ4v) is 4.22. The number of halogens is 1. The molecule has 0 aliphatic carbocycles. The van der Waals surface area contributed by atoms with Crippen molar-refractivity contribution < 1.29 is 23.5 Å². The molecule has 1 aliphatic rings. The third-order valence-corrected chi connectivity index (χ3v) is 5.84. The highest BCUT2D eigenvalue weighted by Crippen LogP contribution is 2.33. The molecule has 0 saturated heterocycles. The van der Waals surface area contributed by atoms with Crippen LogP contribution in [0.25, 0.3) is 10.1 Å². The average molecular weight is 434 g/mol. The number of rotatable bonds is 4. The van der Waals surface area contributed by atoms with Crippen molar-refractivity contribution in [2.75, 3.05) is 17.4 Å². The third kappa shape index (κ3) is 3.80. The summed E-state index contributed by atoms with van der Waals surface area (Å²) in [6.45, 7) is 0.134. The number of amides is 2. The predicted octanol–water partition coefficient (Wildman–Crippen LogP) is 5.27. The Labute approximate surface area is 180 Å². The minimum atomic E-state index is -0.360. The summed E-state index contributed by atoms with van der Waals surface area (Å²) in [6.07, 6.45) is 0. The molecule has 2 heterocycles. The van der Waals surface area contributed by atoms with Crippen LogP contribution in [0.5, 0.6) is 11.5 Å². The van der Waals surface area contributed by atoms with Crippen LogP contribution in [0.2, 0.25) is 0 Å². The molecule has 0 spiro atoms. The van der Waals surface area contributed by atoms with E-state index in [9.17, 15) is 14.0 Å². The van der Waals surface area contributed by atoms with Crippen LogP contribution in [0, 0.1) is 5.82 Å². The van der Waals surface area contributed by atoms with E-state index in [1.165, 1.54) is 23.5 Å². The van der Waals surface area contributed by atoms with E-state index in [2.05, 4.69) is 10.6 Å². The van der Waals surface area contributed by atoms with E-state index in [0.717, 1.165) is 0 Å². The number of hydrogen-bond donors (Lipinski definition) is 2. The number of benzene rings is 3. The highest BCUT2D eigenvalue weighted by atomic mass is 32.1. The Hall–Kier alpha value is -3.91. The maximum absolute atomic E-state index is 13.9. The first-order valence-corrected chi connectivity index (χ1v) is 10.2. The molecule has 4 aromatic rings. The summed E-state index contributed by atoms with van der Waals surface area (Å²) < 4.78 is 25.2. The van der Waals surface area contributed by atoms with Gasteiger partial charge >= 0.3 is 0 Å². The summed E-state index contributed by atoms with van der Waals surface area (Å²) in [6, 6.07) is 18.0. The molecule has 31 heavy (non-hydrogen) atoms. The minimum absolute atomic E-state index is 0.134. The van der Waals surface area contributed by atoms with Gasteiger partial charge in [-0.3, -0.25) is 9.59 Å². The summed E-state index contributed by atoms with van der Waals surface area (Å²) in [5.41, 5.74) is 1.44. The molecule has 1 aromatic heterocycles. The molecule has 1 aliphatic heterocycles. The van der Waals surface area contributed by atoms with Crippen molar-refractivity contribution in [3.05, 3.63) is 83.0 Å². The maximum atomic E-state index is 13.9. The zero-order valence-electron chi connectivity index (χ0n) is 16.0. The summed E-state index contributed by atoms with van der Waals surface area (Å²) in [4.78, 5) is 25.6. The number of fused-ring (bicyclic) bond motifs is 2. The van der Waals surface area contributed by atoms with Gasteiger partial charge in [0.05, 0.1) is 4.88 Å². The Morgan fingerprint density at radius 3 is 2.39 bits per heavy atom. The Bertz CT molecular complexity index is 1330. The van der Waals surface area contributed by atoms with Gasteiger partial charge in [-0.1, -0.05) is 12.1 Å². The second kappa shape index (κ2) is 7.73. The van der Waals surface area contributed by atoms with Gasteiger partial charge in [0.2, 0.25) is 6.79 Å². The quantitative estimate of drug-likeness (QED) is 0.459. The van der Waals surface area contributed by atoms with Crippen molar-refractivity contribution >= 4 is 44.6 Å². The van der Waals surface area contributed by atoms with Gasteiger partial charge in [0, 0.05) is 27.0 Å². The van der Waals surface area contributed by atoms with E-state index in [-0.39, 0.29) is 24.4 Å². The second-order valence-corrected chi connectivity index (χ2v) is 7.90. The Balaban J connectivity index is 1.31. The lowest BCUT2D eigenvalue weighted by Crippen LogP contribution is -2.13. The molecule has 0 bridgehead atoms. The van der Waals surface area contributed by atoms with E-state index in [4.69, 9.17) is 9.47 Å². The Morgan fingerprint density at radius 2 is 1.58 bits per heavy atom. The first-order chi connectivity index (χ1) is 15.1. The zero-order chi connectivity index (χ0) is 21.4. The zero-order valence-corrected chi connectivity index (χ0v) is 16.8. The normalized spacial score (nSPS) is 12.0. The summed E-state index contributed by atoms with van der Waals surface area (Å²) in [5.74, 6) is 0.0958. The van der Waals surface area contributed by atoms with Gasteiger partial charge in [0.15, 0.2) is 11.5 Å². The molecule has 2 N–H and O–H groups in total. The van der Waals surface area contributed by atoms with Crippen molar-refractivity contribution in [3.63, 3.8) is 0 Å². The minimum Gasteiger partial charge on any atom is -0.454 e. The smallest absolute Gasteiger partial charge is 0.265 e. The van der Waals surface area contributed by atoms with Crippen molar-refractivity contribution in [2.24, 2.45) is 0 Å². The lowest BCUT2D eigenvalue weighted by atomic mass is 10.2. The first kappa shape index (κ1) is 19.1. The summed E-state index contributed by atoms with van der Waals surface area (Å²) in [5, 5.41) is 6.00. The van der Waals surface area contributed by atoms with Crippen molar-refractivity contribution in [2.45, 2.75) is 0 Å². The van der Waals surface area contributed by atoms with Crippen LogP contribution in [0.1, 0.15) is 20.0 Å². The Morgan fingerprint density at radius 1 is 0.839 bits per heavy atom. The number of hydrogen-bond acceptors (Lipinski definition) is 5. The van der Waals surface area contributed by atoms with E-state index in [0.29, 0.717) is 43.4 Å². The summed E-state index contributed by atoms with van der Waals surface area (Å²) >= 11 is 1.22. The molecule has 0 saturated carbocycles. The van der Waals surface area contributed by atoms with Crippen LogP contribution >= 0.6 is 11.3 Å². The topological polar surface area (TPSA) is 76.7 Å². The monoisotopic (exact) mass is 434 g/mol. The molecule has 0 atom stereocenters. The molecule has 3 aromatic carbocycles. The van der Waals surface area contributed by atoms with Gasteiger partial charge in [0.1, 0.15) is 5.82 Å². The molecule has 6 nitrogen and oxygen atoms in total. The summed E-state index contributed by atoms with van der Waals surface area (Å²) in [7, 11) is 0. The molecule has 2 amide bonds. The van der Waals surface area contributed by atoms with Gasteiger partial charge in [0.25, 0.3) is 11.8 Å². The highest BCUT2D eigenvalue weighted by molar-refractivity contribution is 7.20. The third-order valence-electron chi connectivity index (χ3n) is 4.75. The second-order valence-electron chi connectivity index (χ2n) is 6.82. The van der Waals surface area contributed by atoms with Gasteiger partial charge in [-0.15, -0.1) is 11.3 Å². The average Bonchev–Trinajstić information content (AvgIpc) is 3.41. The van der Waals surface area contributed by atoms with E-state index >= 15 is 0 Å². The Kier molecular flexibility index (Phi) is 4.76. The molecule has 0 fully saturated rings. The molecular formula is C23H15FN2O4S. The molecular weight excluding hydrogens is 419 g/mol. The van der Waals surface area contributed by atoms with Crippen molar-refractivity contribution in [3.8, 4) is 11.5 Å². The van der Waals surface area contributed by atoms with Crippen LogP contribution in [0.15, 0.2) is 66.7 Å².